The van der Waals surface area contributed by atoms with E-state index in [-0.39, 0.29) is 11.7 Å². The largest absolute Gasteiger partial charge is 0.385 e. The summed E-state index contributed by atoms with van der Waals surface area (Å²) in [5, 5.41) is 0. The molecule has 6 nitrogen and oxygen atoms in total. The number of hydroxylamine groups is 1. The number of methoxy groups -OCH3 is 1. The van der Waals surface area contributed by atoms with E-state index >= 15 is 0 Å². The summed E-state index contributed by atoms with van der Waals surface area (Å²) in [5.41, 5.74) is 3.59. The fraction of sp³-hybridized carbons (Fsp3) is 0.500. The molecular weight excluding hydrogens is 284 g/mol. The Hall–Kier alpha value is -1.76. The number of rotatable bonds is 8. The summed E-state index contributed by atoms with van der Waals surface area (Å²) in [6, 6.07) is 8.68. The van der Waals surface area contributed by atoms with Crippen molar-refractivity contribution in [1.82, 2.24) is 10.4 Å². The molecule has 1 aliphatic heterocycles. The second-order valence-corrected chi connectivity index (χ2v) is 5.21. The summed E-state index contributed by atoms with van der Waals surface area (Å²) < 4.78 is 4.98. The average molecular weight is 306 g/mol. The fourth-order valence-corrected chi connectivity index (χ4v) is 2.34. The molecule has 1 amide bonds. The highest BCUT2D eigenvalue weighted by Gasteiger charge is 2.35. The summed E-state index contributed by atoms with van der Waals surface area (Å²) in [6.07, 6.45) is 1.11. The number of benzene rings is 1. The molecule has 0 aliphatic carbocycles. The van der Waals surface area contributed by atoms with Crippen molar-refractivity contribution in [3.63, 3.8) is 0 Å². The van der Waals surface area contributed by atoms with Crippen LogP contribution in [0.1, 0.15) is 18.4 Å². The van der Waals surface area contributed by atoms with Crippen molar-refractivity contribution in [1.29, 1.82) is 0 Å². The molecular formula is C16H22N2O4. The van der Waals surface area contributed by atoms with E-state index in [0.717, 1.165) is 12.0 Å². The summed E-state index contributed by atoms with van der Waals surface area (Å²) >= 11 is 0. The van der Waals surface area contributed by atoms with Gasteiger partial charge in [-0.2, -0.15) is 5.48 Å². The highest BCUT2D eigenvalue weighted by atomic mass is 16.6. The van der Waals surface area contributed by atoms with E-state index in [2.05, 4.69) is 5.48 Å². The number of nitrogens with one attached hydrogen (secondary N) is 1. The lowest BCUT2D eigenvalue weighted by Gasteiger charge is -2.31. The van der Waals surface area contributed by atoms with Gasteiger partial charge in [0.15, 0.2) is 11.8 Å². The van der Waals surface area contributed by atoms with Crippen molar-refractivity contribution in [2.24, 2.45) is 0 Å². The highest BCUT2D eigenvalue weighted by Crippen LogP contribution is 2.10. The molecule has 0 saturated carbocycles. The first kappa shape index (κ1) is 16.6. The predicted molar refractivity (Wildman–Crippen MR) is 80.9 cm³/mol. The molecule has 1 fully saturated rings. The summed E-state index contributed by atoms with van der Waals surface area (Å²) in [4.78, 5) is 31.2. The van der Waals surface area contributed by atoms with Crippen LogP contribution >= 0.6 is 0 Å². The Balaban J connectivity index is 1.82. The quantitative estimate of drug-likeness (QED) is 0.439. The van der Waals surface area contributed by atoms with Crippen molar-refractivity contribution >= 4 is 11.7 Å². The standard InChI is InChI=1S/C16H22N2O4/c1-21-11-5-9-18-10-8-14(19)15(16(18)20)17-22-12-13-6-3-2-4-7-13/h2-4,6-7,15,17H,5,8-12H2,1H3. The van der Waals surface area contributed by atoms with Gasteiger partial charge in [0.1, 0.15) is 0 Å². The smallest absolute Gasteiger partial charge is 0.249 e. The molecule has 1 saturated heterocycles. The molecule has 0 radical (unpaired) electrons. The number of carbonyl (C=O) groups excluding carboxylic acids is 2. The monoisotopic (exact) mass is 306 g/mol. The molecule has 0 aromatic heterocycles. The Morgan fingerprint density at radius 3 is 2.77 bits per heavy atom. The lowest BCUT2D eigenvalue weighted by Crippen LogP contribution is -2.55. The van der Waals surface area contributed by atoms with Crippen LogP contribution in [-0.2, 0) is 25.8 Å². The van der Waals surface area contributed by atoms with Gasteiger partial charge in [-0.25, -0.2) is 0 Å². The van der Waals surface area contributed by atoms with Crippen molar-refractivity contribution in [3.8, 4) is 0 Å². The first-order valence-electron chi connectivity index (χ1n) is 7.44. The fourth-order valence-electron chi connectivity index (χ4n) is 2.34. The molecule has 1 N–H and O–H groups in total. The Bertz CT molecular complexity index is 492. The Labute approximate surface area is 130 Å². The number of carbonyl (C=O) groups is 2. The maximum atomic E-state index is 12.3. The maximum absolute atomic E-state index is 12.3. The average Bonchev–Trinajstić information content (AvgIpc) is 2.54. The third kappa shape index (κ3) is 4.62. The van der Waals surface area contributed by atoms with Gasteiger partial charge < -0.3 is 9.64 Å². The van der Waals surface area contributed by atoms with Crippen LogP contribution in [0, 0.1) is 0 Å². The number of piperidine rings is 1. The zero-order chi connectivity index (χ0) is 15.8. The zero-order valence-electron chi connectivity index (χ0n) is 12.8. The van der Waals surface area contributed by atoms with Crippen LogP contribution in [0.5, 0.6) is 0 Å². The highest BCUT2D eigenvalue weighted by molar-refractivity contribution is 6.07. The van der Waals surface area contributed by atoms with Crippen LogP contribution in [0.4, 0.5) is 0 Å². The topological polar surface area (TPSA) is 67.9 Å². The van der Waals surface area contributed by atoms with E-state index in [1.54, 1.807) is 12.0 Å². The molecule has 22 heavy (non-hydrogen) atoms. The van der Waals surface area contributed by atoms with Gasteiger partial charge in [-0.05, 0) is 12.0 Å². The van der Waals surface area contributed by atoms with Crippen LogP contribution in [0.2, 0.25) is 0 Å². The molecule has 1 aromatic rings. The van der Waals surface area contributed by atoms with E-state index < -0.39 is 6.04 Å². The van der Waals surface area contributed by atoms with Gasteiger partial charge >= 0.3 is 0 Å². The van der Waals surface area contributed by atoms with Gasteiger partial charge in [-0.15, -0.1) is 0 Å². The zero-order valence-corrected chi connectivity index (χ0v) is 12.8. The number of hydrogen-bond acceptors (Lipinski definition) is 5. The number of amides is 1. The van der Waals surface area contributed by atoms with Crippen LogP contribution in [-0.4, -0.2) is 49.4 Å². The van der Waals surface area contributed by atoms with Crippen LogP contribution < -0.4 is 5.48 Å². The molecule has 1 aromatic carbocycles. The van der Waals surface area contributed by atoms with Crippen LogP contribution in [0.15, 0.2) is 30.3 Å². The molecule has 1 heterocycles. The number of nitrogens with zero attached hydrogens (tertiary/aromatic N) is 1. The number of ether oxygens (including phenoxy) is 1. The van der Waals surface area contributed by atoms with E-state index in [9.17, 15) is 9.59 Å². The van der Waals surface area contributed by atoms with E-state index in [1.807, 2.05) is 30.3 Å². The van der Waals surface area contributed by atoms with E-state index in [1.165, 1.54) is 0 Å². The lowest BCUT2D eigenvalue weighted by atomic mass is 10.0. The molecule has 0 spiro atoms. The summed E-state index contributed by atoms with van der Waals surface area (Å²) in [7, 11) is 1.63. The van der Waals surface area contributed by atoms with Gasteiger partial charge in [0.05, 0.1) is 6.61 Å². The molecule has 0 bridgehead atoms. The van der Waals surface area contributed by atoms with Crippen molar-refractivity contribution < 1.29 is 19.2 Å². The van der Waals surface area contributed by atoms with E-state index in [0.29, 0.717) is 32.7 Å². The van der Waals surface area contributed by atoms with E-state index in [4.69, 9.17) is 9.57 Å². The van der Waals surface area contributed by atoms with Crippen LogP contribution in [0.3, 0.4) is 0 Å². The Kier molecular flexibility index (Phi) is 6.51. The SMILES string of the molecule is COCCCN1CCC(=O)C(NOCc2ccccc2)C1=O. The number of hydrogen-bond donors (Lipinski definition) is 1. The second-order valence-electron chi connectivity index (χ2n) is 5.21. The first-order chi connectivity index (χ1) is 10.7. The second kappa shape index (κ2) is 8.63. The first-order valence-corrected chi connectivity index (χ1v) is 7.44. The molecule has 1 atom stereocenters. The minimum Gasteiger partial charge on any atom is -0.385 e. The minimum atomic E-state index is -0.903. The number of Topliss-reactive ketones (excluding diaryl/α,β-unsaturated/α-hetero) is 1. The molecule has 6 heteroatoms. The van der Waals surface area contributed by atoms with Gasteiger partial charge in [0.25, 0.3) is 0 Å². The molecule has 120 valence electrons. The summed E-state index contributed by atoms with van der Waals surface area (Å²) in [5.74, 6) is -0.346. The number of ketones is 1. The van der Waals surface area contributed by atoms with Gasteiger partial charge in [0.2, 0.25) is 5.91 Å². The van der Waals surface area contributed by atoms with Gasteiger partial charge in [-0.3, -0.25) is 14.4 Å². The third-order valence-corrected chi connectivity index (χ3v) is 3.57. The molecule has 1 unspecified atom stereocenters. The van der Waals surface area contributed by atoms with Gasteiger partial charge in [0, 0.05) is 33.2 Å². The molecule has 1 aliphatic rings. The predicted octanol–water partition coefficient (Wildman–Crippen LogP) is 0.914. The third-order valence-electron chi connectivity index (χ3n) is 3.57. The van der Waals surface area contributed by atoms with Crippen molar-refractivity contribution in [3.05, 3.63) is 35.9 Å². The Morgan fingerprint density at radius 1 is 1.27 bits per heavy atom. The molecule has 2 rings (SSSR count). The normalized spacial score (nSPS) is 18.8. The minimum absolute atomic E-state index is 0.124. The van der Waals surface area contributed by atoms with Gasteiger partial charge in [-0.1, -0.05) is 30.3 Å². The summed E-state index contributed by atoms with van der Waals surface area (Å²) in [6.45, 7) is 1.97. The lowest BCUT2D eigenvalue weighted by molar-refractivity contribution is -0.149. The number of likely N-dealkylation sites (tertiary alicyclic amines) is 1. The van der Waals surface area contributed by atoms with Crippen LogP contribution in [0.25, 0.3) is 0 Å². The maximum Gasteiger partial charge on any atom is 0.249 e. The van der Waals surface area contributed by atoms with Crippen molar-refractivity contribution in [2.75, 3.05) is 26.8 Å². The Morgan fingerprint density at radius 2 is 2.05 bits per heavy atom. The van der Waals surface area contributed by atoms with Crippen molar-refractivity contribution in [2.45, 2.75) is 25.5 Å².